The van der Waals surface area contributed by atoms with Gasteiger partial charge >= 0.3 is 26.9 Å². The minimum Gasteiger partial charge on any atom is -0.374 e. The topological polar surface area (TPSA) is 243 Å². The molecule has 0 aliphatic carbocycles. The molecule has 1 unspecified atom stereocenters. The quantitative estimate of drug-likeness (QED) is 0.0183. The van der Waals surface area contributed by atoms with E-state index in [1.807, 2.05) is 13.8 Å². The second-order valence-corrected chi connectivity index (χ2v) is 19.2. The van der Waals surface area contributed by atoms with Crippen LogP contribution in [-0.4, -0.2) is 92.8 Å². The van der Waals surface area contributed by atoms with Crippen LogP contribution in [0.1, 0.15) is 154 Å². The zero-order chi connectivity index (χ0) is 47.4. The molecule has 0 saturated carbocycles. The minimum absolute atomic E-state index is 0.115. The lowest BCUT2D eigenvalue weighted by Gasteiger charge is -2.30. The van der Waals surface area contributed by atoms with Crippen molar-refractivity contribution in [3.63, 3.8) is 0 Å². The molecule has 2 aromatic heterocycles. The van der Waals surface area contributed by atoms with Crippen molar-refractivity contribution in [1.82, 2.24) is 41.2 Å². The summed E-state index contributed by atoms with van der Waals surface area (Å²) < 4.78 is 18.9. The van der Waals surface area contributed by atoms with E-state index in [-0.39, 0.29) is 35.1 Å². The van der Waals surface area contributed by atoms with Gasteiger partial charge in [-0.15, -0.1) is 0 Å². The molecule has 19 heteroatoms. The molecule has 65 heavy (non-hydrogen) atoms. The fraction of sp³-hybridized carbons (Fsp3) is 0.717. The lowest BCUT2D eigenvalue weighted by molar-refractivity contribution is 0.0613. The van der Waals surface area contributed by atoms with E-state index in [9.17, 15) is 24.0 Å². The Morgan fingerprint density at radius 1 is 0.585 bits per heavy atom. The maximum Gasteiger partial charge on any atom is 0.501 e. The van der Waals surface area contributed by atoms with Crippen molar-refractivity contribution >= 4 is 38.8 Å². The van der Waals surface area contributed by atoms with Gasteiger partial charge in [0.15, 0.2) is 0 Å². The molecule has 2 aromatic rings. The van der Waals surface area contributed by atoms with Crippen LogP contribution >= 0.6 is 0 Å². The van der Waals surface area contributed by atoms with Gasteiger partial charge in [-0.1, -0.05) is 83.3 Å². The molecule has 6 amide bonds. The first kappa shape index (κ1) is 56.5. The molecular formula is C46H82N10O8Si. The summed E-state index contributed by atoms with van der Waals surface area (Å²) in [4.78, 5) is 72.7. The number of unbranched alkanes of at least 4 members (excludes halogenated alkanes) is 11. The Bertz CT molecular complexity index is 1750. The first-order chi connectivity index (χ1) is 31.5. The molecule has 0 bridgehead atoms. The van der Waals surface area contributed by atoms with Gasteiger partial charge in [-0.3, -0.25) is 30.2 Å². The van der Waals surface area contributed by atoms with E-state index in [1.54, 1.807) is 13.8 Å². The Morgan fingerprint density at radius 3 is 1.52 bits per heavy atom. The molecule has 2 rings (SSSR count). The van der Waals surface area contributed by atoms with Gasteiger partial charge in [-0.25, -0.2) is 24.4 Å². The monoisotopic (exact) mass is 931 g/mol. The minimum atomic E-state index is -2.89. The van der Waals surface area contributed by atoms with Crippen LogP contribution in [0.3, 0.4) is 0 Å². The van der Waals surface area contributed by atoms with Crippen molar-refractivity contribution in [2.75, 3.05) is 56.6 Å². The van der Waals surface area contributed by atoms with E-state index in [1.165, 1.54) is 63.5 Å². The molecule has 0 saturated heterocycles. The fourth-order valence-corrected chi connectivity index (χ4v) is 9.90. The van der Waals surface area contributed by atoms with Crippen LogP contribution in [0, 0.1) is 19.8 Å². The van der Waals surface area contributed by atoms with Crippen LogP contribution in [-0.2, 0) is 13.3 Å². The lowest BCUT2D eigenvalue weighted by Crippen LogP contribution is -2.47. The number of rotatable bonds is 37. The van der Waals surface area contributed by atoms with Crippen LogP contribution in [0.25, 0.3) is 0 Å². The largest absolute Gasteiger partial charge is 0.501 e. The van der Waals surface area contributed by atoms with Crippen molar-refractivity contribution in [2.24, 2.45) is 5.92 Å². The molecule has 0 radical (unpaired) electrons. The molecule has 0 aliphatic rings. The molecule has 0 fully saturated rings. The first-order valence-corrected chi connectivity index (χ1v) is 26.2. The van der Waals surface area contributed by atoms with Crippen molar-refractivity contribution in [2.45, 2.75) is 163 Å². The number of carbonyl (C=O) groups excluding carboxylic acids is 3. The summed E-state index contributed by atoms with van der Waals surface area (Å²) in [6.45, 7) is 13.4. The summed E-state index contributed by atoms with van der Waals surface area (Å²) >= 11 is 0. The van der Waals surface area contributed by atoms with Crippen LogP contribution in [0.5, 0.6) is 0 Å². The Kier molecular flexibility index (Phi) is 31.0. The van der Waals surface area contributed by atoms with E-state index < -0.39 is 14.8 Å². The number of anilines is 2. The molecule has 8 N–H and O–H groups in total. The van der Waals surface area contributed by atoms with Crippen molar-refractivity contribution in [3.8, 4) is 0 Å². The average Bonchev–Trinajstić information content (AvgIpc) is 3.24. The predicted octanol–water partition coefficient (Wildman–Crippen LogP) is 8.35. The summed E-state index contributed by atoms with van der Waals surface area (Å²) in [7, 11) is -2.89. The number of allylic oxidation sites excluding steroid dienone is 2. The number of urea groups is 3. The van der Waals surface area contributed by atoms with Gasteiger partial charge in [0, 0.05) is 75.6 Å². The van der Waals surface area contributed by atoms with Gasteiger partial charge in [0.2, 0.25) is 11.9 Å². The SMILES string of the molecule is CCCCC(CCC/C=C\CCCCCCCCNC(=O)Nc1nc(C)cc(=O)[nH]1)CCO[Si](CCCNC(=O)NCCCCCCNC(=O)Nc1nc(C)cc(=O)[nH]1)(OCC)OCC. The molecule has 368 valence electrons. The molecular weight excluding hydrogens is 849 g/mol. The number of nitrogens with one attached hydrogen (secondary N) is 8. The number of carbonyl (C=O) groups is 3. The second kappa shape index (κ2) is 35.6. The normalized spacial score (nSPS) is 12.0. The van der Waals surface area contributed by atoms with E-state index in [0.29, 0.717) is 75.8 Å². The number of hydrogen-bond donors (Lipinski definition) is 8. The molecule has 1 atom stereocenters. The van der Waals surface area contributed by atoms with E-state index in [4.69, 9.17) is 13.3 Å². The number of amides is 6. The number of hydrogen-bond acceptors (Lipinski definition) is 10. The maximum absolute atomic E-state index is 12.4. The predicted molar refractivity (Wildman–Crippen MR) is 260 cm³/mol. The highest BCUT2D eigenvalue weighted by Gasteiger charge is 2.40. The van der Waals surface area contributed by atoms with Crippen LogP contribution in [0.4, 0.5) is 26.3 Å². The average molecular weight is 931 g/mol. The van der Waals surface area contributed by atoms with Crippen LogP contribution in [0.2, 0.25) is 6.04 Å². The highest BCUT2D eigenvalue weighted by atomic mass is 28.4. The molecule has 0 spiro atoms. The van der Waals surface area contributed by atoms with Gasteiger partial charge in [-0.2, -0.15) is 0 Å². The third-order valence-electron chi connectivity index (χ3n) is 10.6. The van der Waals surface area contributed by atoms with Gasteiger partial charge in [0.1, 0.15) is 0 Å². The van der Waals surface area contributed by atoms with E-state index in [0.717, 1.165) is 64.2 Å². The Balaban J connectivity index is 1.54. The third-order valence-corrected chi connectivity index (χ3v) is 13.7. The number of aryl methyl sites for hydroxylation is 2. The highest BCUT2D eigenvalue weighted by molar-refractivity contribution is 6.60. The third kappa shape index (κ3) is 28.8. The standard InChI is InChI=1S/C46H82N10O8Si/c1-6-9-26-39(27-21-17-15-13-11-10-12-14-16-18-22-30-49-45(60)55-42-51-37(4)35-40(57)53-42)28-33-64-65(62-7-2,63-8-3)34-25-32-48-44(59)47-29-23-19-20-24-31-50-46(61)56-43-52-38(5)36-41(58)54-43/h13,15,35-36,39H,6-12,14,16-34H2,1-5H3,(H2,47,48,59)(H3,49,51,53,55,57,60)(H3,50,52,54,56,58,61)/b15-13-. The zero-order valence-corrected chi connectivity index (χ0v) is 41.1. The number of nitrogens with zero attached hydrogens (tertiary/aromatic N) is 2. The molecule has 0 aliphatic heterocycles. The maximum atomic E-state index is 12.4. The van der Waals surface area contributed by atoms with E-state index in [2.05, 4.69) is 70.9 Å². The second-order valence-electron chi connectivity index (χ2n) is 16.4. The molecule has 2 heterocycles. The summed E-state index contributed by atoms with van der Waals surface area (Å²) in [6, 6.07) is 2.38. The van der Waals surface area contributed by atoms with Gasteiger partial charge in [0.25, 0.3) is 11.1 Å². The summed E-state index contributed by atoms with van der Waals surface area (Å²) in [5.74, 6) is 0.869. The zero-order valence-electron chi connectivity index (χ0n) is 40.1. The number of H-pyrrole nitrogens is 2. The fourth-order valence-electron chi connectivity index (χ4n) is 7.30. The van der Waals surface area contributed by atoms with Gasteiger partial charge in [-0.05, 0) is 91.4 Å². The van der Waals surface area contributed by atoms with Crippen LogP contribution in [0.15, 0.2) is 33.9 Å². The summed E-state index contributed by atoms with van der Waals surface area (Å²) in [5.41, 5.74) is 0.454. The molecule has 0 aromatic carbocycles. The smallest absolute Gasteiger partial charge is 0.374 e. The van der Waals surface area contributed by atoms with Crippen LogP contribution < -0.4 is 43.0 Å². The Morgan fingerprint density at radius 2 is 1.03 bits per heavy atom. The Labute approximate surface area is 388 Å². The van der Waals surface area contributed by atoms with Crippen molar-refractivity contribution in [1.29, 1.82) is 0 Å². The highest BCUT2D eigenvalue weighted by Crippen LogP contribution is 2.24. The number of aromatic amines is 2. The Hall–Kier alpha value is -4.59. The lowest BCUT2D eigenvalue weighted by atomic mass is 9.93. The summed E-state index contributed by atoms with van der Waals surface area (Å²) in [6.07, 6.45) is 24.6. The van der Waals surface area contributed by atoms with Crippen molar-refractivity contribution < 1.29 is 27.7 Å². The van der Waals surface area contributed by atoms with Gasteiger partial charge in [0.05, 0.1) is 0 Å². The number of aromatic nitrogens is 4. The van der Waals surface area contributed by atoms with E-state index >= 15 is 0 Å². The summed E-state index contributed by atoms with van der Waals surface area (Å²) in [5, 5.41) is 16.5. The molecule has 18 nitrogen and oxygen atoms in total. The van der Waals surface area contributed by atoms with Gasteiger partial charge < -0.3 is 34.5 Å². The first-order valence-electron chi connectivity index (χ1n) is 24.3. The van der Waals surface area contributed by atoms with Crippen molar-refractivity contribution in [3.05, 3.63) is 56.4 Å².